The van der Waals surface area contributed by atoms with E-state index in [1.54, 1.807) is 13.0 Å². The Morgan fingerprint density at radius 3 is 2.76 bits per heavy atom. The van der Waals surface area contributed by atoms with E-state index in [1.807, 2.05) is 31.2 Å². The van der Waals surface area contributed by atoms with Crippen LogP contribution in [0.25, 0.3) is 10.6 Å². The SMILES string of the molecule is Cc1cccc(-c2nnc(NC(=O)C(C)NC(=O)c3ccco3)s2)c1. The molecule has 7 nitrogen and oxygen atoms in total. The summed E-state index contributed by atoms with van der Waals surface area (Å²) in [4.78, 5) is 24.1. The van der Waals surface area contributed by atoms with Crippen LogP contribution < -0.4 is 10.6 Å². The number of carbonyl (C=O) groups excluding carboxylic acids is 2. The molecule has 1 unspecified atom stereocenters. The first-order valence-corrected chi connectivity index (χ1v) is 8.40. The van der Waals surface area contributed by atoms with Gasteiger partial charge in [0.2, 0.25) is 11.0 Å². The molecule has 0 fully saturated rings. The van der Waals surface area contributed by atoms with Crippen molar-refractivity contribution in [2.24, 2.45) is 0 Å². The Bertz CT molecular complexity index is 889. The maximum atomic E-state index is 12.2. The van der Waals surface area contributed by atoms with Gasteiger partial charge in [0.1, 0.15) is 11.0 Å². The van der Waals surface area contributed by atoms with Crippen LogP contribution in [0.5, 0.6) is 0 Å². The van der Waals surface area contributed by atoms with E-state index in [0.717, 1.165) is 11.1 Å². The van der Waals surface area contributed by atoms with Gasteiger partial charge in [0.15, 0.2) is 5.76 Å². The molecule has 1 atom stereocenters. The largest absolute Gasteiger partial charge is 0.459 e. The average Bonchev–Trinajstić information content (AvgIpc) is 3.26. The van der Waals surface area contributed by atoms with Crippen LogP contribution in [0.3, 0.4) is 0 Å². The highest BCUT2D eigenvalue weighted by Crippen LogP contribution is 2.26. The molecule has 1 aromatic carbocycles. The van der Waals surface area contributed by atoms with Gasteiger partial charge < -0.3 is 9.73 Å². The summed E-state index contributed by atoms with van der Waals surface area (Å²) < 4.78 is 4.99. The summed E-state index contributed by atoms with van der Waals surface area (Å²) in [6.07, 6.45) is 1.40. The van der Waals surface area contributed by atoms with Crippen LogP contribution in [0.4, 0.5) is 5.13 Å². The summed E-state index contributed by atoms with van der Waals surface area (Å²) in [6.45, 7) is 3.58. The average molecular weight is 356 g/mol. The van der Waals surface area contributed by atoms with Crippen LogP contribution >= 0.6 is 11.3 Å². The molecule has 2 amide bonds. The van der Waals surface area contributed by atoms with Crippen LogP contribution in [0.1, 0.15) is 23.0 Å². The molecular formula is C17H16N4O3S. The number of anilines is 1. The van der Waals surface area contributed by atoms with Crippen molar-refractivity contribution >= 4 is 28.3 Å². The number of carbonyl (C=O) groups is 2. The second kappa shape index (κ2) is 7.27. The van der Waals surface area contributed by atoms with Crippen LogP contribution in [0, 0.1) is 6.92 Å². The van der Waals surface area contributed by atoms with Crippen molar-refractivity contribution in [2.45, 2.75) is 19.9 Å². The van der Waals surface area contributed by atoms with Crippen molar-refractivity contribution in [3.63, 3.8) is 0 Å². The lowest BCUT2D eigenvalue weighted by Gasteiger charge is -2.11. The van der Waals surface area contributed by atoms with Crippen LogP contribution in [0.15, 0.2) is 47.1 Å². The van der Waals surface area contributed by atoms with Gasteiger partial charge in [-0.05, 0) is 32.0 Å². The molecule has 2 aromatic heterocycles. The van der Waals surface area contributed by atoms with Crippen molar-refractivity contribution in [3.8, 4) is 10.6 Å². The van der Waals surface area contributed by atoms with Crippen LogP contribution in [-0.2, 0) is 4.79 Å². The van der Waals surface area contributed by atoms with E-state index in [1.165, 1.54) is 23.7 Å². The third kappa shape index (κ3) is 4.10. The van der Waals surface area contributed by atoms with Gasteiger partial charge in [0.25, 0.3) is 5.91 Å². The number of furan rings is 1. The minimum atomic E-state index is -0.746. The van der Waals surface area contributed by atoms with Crippen molar-refractivity contribution < 1.29 is 14.0 Å². The maximum absolute atomic E-state index is 12.2. The third-order valence-electron chi connectivity index (χ3n) is 3.41. The number of nitrogens with one attached hydrogen (secondary N) is 2. The second-order valence-corrected chi connectivity index (χ2v) is 6.42. The molecular weight excluding hydrogens is 340 g/mol. The molecule has 2 heterocycles. The fourth-order valence-corrected chi connectivity index (χ4v) is 2.87. The third-order valence-corrected chi connectivity index (χ3v) is 4.29. The number of benzene rings is 1. The Morgan fingerprint density at radius 1 is 1.20 bits per heavy atom. The molecule has 0 saturated carbocycles. The number of rotatable bonds is 5. The van der Waals surface area contributed by atoms with Crippen LogP contribution in [0.2, 0.25) is 0 Å². The molecule has 3 aromatic rings. The van der Waals surface area contributed by atoms with Crippen molar-refractivity contribution in [3.05, 3.63) is 54.0 Å². The fraction of sp³-hybridized carbons (Fsp3) is 0.176. The number of amides is 2. The number of aryl methyl sites for hydroxylation is 1. The van der Waals surface area contributed by atoms with E-state index in [-0.39, 0.29) is 11.7 Å². The summed E-state index contributed by atoms with van der Waals surface area (Å²) in [6, 6.07) is 10.3. The first-order valence-electron chi connectivity index (χ1n) is 7.58. The zero-order valence-electron chi connectivity index (χ0n) is 13.6. The normalized spacial score (nSPS) is 11.8. The summed E-state index contributed by atoms with van der Waals surface area (Å²) >= 11 is 1.27. The van der Waals surface area contributed by atoms with Gasteiger partial charge in [-0.1, -0.05) is 35.1 Å². The Kier molecular flexibility index (Phi) is 4.90. The van der Waals surface area contributed by atoms with Gasteiger partial charge in [0, 0.05) is 5.56 Å². The predicted molar refractivity (Wildman–Crippen MR) is 94.3 cm³/mol. The summed E-state index contributed by atoms with van der Waals surface area (Å²) in [5, 5.41) is 14.4. The summed E-state index contributed by atoms with van der Waals surface area (Å²) in [7, 11) is 0. The highest BCUT2D eigenvalue weighted by Gasteiger charge is 2.19. The molecule has 0 radical (unpaired) electrons. The smallest absolute Gasteiger partial charge is 0.287 e. The summed E-state index contributed by atoms with van der Waals surface area (Å²) in [5.74, 6) is -0.686. The first-order chi connectivity index (χ1) is 12.0. The van der Waals surface area contributed by atoms with Gasteiger partial charge in [0.05, 0.1) is 6.26 Å². The van der Waals surface area contributed by atoms with E-state index >= 15 is 0 Å². The van der Waals surface area contributed by atoms with E-state index in [0.29, 0.717) is 10.1 Å². The number of hydrogen-bond donors (Lipinski definition) is 2. The van der Waals surface area contributed by atoms with Crippen LogP contribution in [-0.4, -0.2) is 28.1 Å². The zero-order chi connectivity index (χ0) is 17.8. The topological polar surface area (TPSA) is 97.1 Å². The van der Waals surface area contributed by atoms with Gasteiger partial charge in [-0.3, -0.25) is 14.9 Å². The van der Waals surface area contributed by atoms with E-state index in [2.05, 4.69) is 20.8 Å². The molecule has 0 bridgehead atoms. The molecule has 128 valence electrons. The van der Waals surface area contributed by atoms with Crippen molar-refractivity contribution in [2.75, 3.05) is 5.32 Å². The van der Waals surface area contributed by atoms with Crippen molar-refractivity contribution in [1.82, 2.24) is 15.5 Å². The Balaban J connectivity index is 1.62. The van der Waals surface area contributed by atoms with Crippen molar-refractivity contribution in [1.29, 1.82) is 0 Å². The second-order valence-electron chi connectivity index (χ2n) is 5.44. The standard InChI is InChI=1S/C17H16N4O3S/c1-10-5-3-6-12(9-10)16-20-21-17(25-16)19-14(22)11(2)18-15(23)13-7-4-8-24-13/h3-9,11H,1-2H3,(H,18,23)(H,19,21,22). The van der Waals surface area contributed by atoms with Gasteiger partial charge in [-0.25, -0.2) is 0 Å². The first kappa shape index (κ1) is 16.8. The molecule has 8 heteroatoms. The van der Waals surface area contributed by atoms with Gasteiger partial charge >= 0.3 is 0 Å². The number of hydrogen-bond acceptors (Lipinski definition) is 6. The quantitative estimate of drug-likeness (QED) is 0.733. The minimum absolute atomic E-state index is 0.150. The summed E-state index contributed by atoms with van der Waals surface area (Å²) in [5.41, 5.74) is 2.06. The lowest BCUT2D eigenvalue weighted by Crippen LogP contribution is -2.41. The lowest BCUT2D eigenvalue weighted by atomic mass is 10.1. The van der Waals surface area contributed by atoms with E-state index in [4.69, 9.17) is 4.42 Å². The highest BCUT2D eigenvalue weighted by molar-refractivity contribution is 7.18. The molecule has 0 spiro atoms. The number of nitrogens with zero attached hydrogens (tertiary/aromatic N) is 2. The molecule has 0 aliphatic carbocycles. The highest BCUT2D eigenvalue weighted by atomic mass is 32.1. The molecule has 3 rings (SSSR count). The molecule has 0 saturated heterocycles. The minimum Gasteiger partial charge on any atom is -0.459 e. The monoisotopic (exact) mass is 356 g/mol. The molecule has 0 aliphatic heterocycles. The Hall–Kier alpha value is -3.00. The number of aromatic nitrogens is 2. The zero-order valence-corrected chi connectivity index (χ0v) is 14.5. The predicted octanol–water partition coefficient (Wildman–Crippen LogP) is 2.86. The molecule has 2 N–H and O–H groups in total. The fourth-order valence-electron chi connectivity index (χ4n) is 2.12. The van der Waals surface area contributed by atoms with E-state index < -0.39 is 11.9 Å². The Labute approximate surface area is 148 Å². The van der Waals surface area contributed by atoms with E-state index in [9.17, 15) is 9.59 Å². The Morgan fingerprint density at radius 2 is 2.04 bits per heavy atom. The maximum Gasteiger partial charge on any atom is 0.287 e. The van der Waals surface area contributed by atoms with Gasteiger partial charge in [-0.15, -0.1) is 10.2 Å². The molecule has 25 heavy (non-hydrogen) atoms. The molecule has 0 aliphatic rings. The van der Waals surface area contributed by atoms with Gasteiger partial charge in [-0.2, -0.15) is 0 Å². The lowest BCUT2D eigenvalue weighted by molar-refractivity contribution is -0.117.